The van der Waals surface area contributed by atoms with Crippen molar-refractivity contribution in [1.82, 2.24) is 15.1 Å². The molecule has 1 heterocycles. The predicted molar refractivity (Wildman–Crippen MR) is 78.3 cm³/mol. The van der Waals surface area contributed by atoms with Crippen LogP contribution in [0.2, 0.25) is 0 Å². The van der Waals surface area contributed by atoms with Gasteiger partial charge in [-0.05, 0) is 30.7 Å². The first-order valence-electron chi connectivity index (χ1n) is 6.78. The molecule has 0 fully saturated rings. The molecule has 0 atom stereocenters. The molecule has 0 saturated carbocycles. The lowest BCUT2D eigenvalue weighted by molar-refractivity contribution is 0.452. The minimum Gasteiger partial charge on any atom is -0.506 e. The van der Waals surface area contributed by atoms with E-state index in [1.54, 1.807) is 0 Å². The Morgan fingerprint density at radius 1 is 1.25 bits per heavy atom. The fourth-order valence-electron chi connectivity index (χ4n) is 1.91. The number of aryl methyl sites for hydroxylation is 1. The van der Waals surface area contributed by atoms with Crippen molar-refractivity contribution in [2.24, 2.45) is 0 Å². The summed E-state index contributed by atoms with van der Waals surface area (Å²) in [6, 6.07) is 8.87. The highest BCUT2D eigenvalue weighted by atomic mass is 16.3. The third-order valence-corrected chi connectivity index (χ3v) is 3.12. The van der Waals surface area contributed by atoms with Gasteiger partial charge in [0.1, 0.15) is 11.4 Å². The van der Waals surface area contributed by atoms with E-state index in [9.17, 15) is 9.90 Å². The van der Waals surface area contributed by atoms with Gasteiger partial charge in [0.2, 0.25) is 0 Å². The first kappa shape index (κ1) is 14.3. The number of rotatable bonds is 5. The number of aromatic nitrogens is 2. The first-order chi connectivity index (χ1) is 9.65. The molecule has 0 amide bonds. The summed E-state index contributed by atoms with van der Waals surface area (Å²) in [7, 11) is 0. The summed E-state index contributed by atoms with van der Waals surface area (Å²) < 4.78 is 1.31. The van der Waals surface area contributed by atoms with Crippen molar-refractivity contribution in [2.45, 2.75) is 26.8 Å². The van der Waals surface area contributed by atoms with Crippen LogP contribution in [0.15, 0.2) is 35.1 Å². The molecule has 0 aliphatic rings. The van der Waals surface area contributed by atoms with Gasteiger partial charge in [-0.15, -0.1) is 0 Å². The molecule has 0 unspecified atom stereocenters. The van der Waals surface area contributed by atoms with Gasteiger partial charge >= 0.3 is 0 Å². The minimum atomic E-state index is -0.341. The number of nitrogens with one attached hydrogen (secondary N) is 1. The maximum absolute atomic E-state index is 11.9. The fraction of sp³-hybridized carbons (Fsp3) is 0.333. The maximum atomic E-state index is 11.9. The van der Waals surface area contributed by atoms with E-state index in [-0.39, 0.29) is 11.3 Å². The molecule has 0 aliphatic heterocycles. The van der Waals surface area contributed by atoms with E-state index in [1.165, 1.54) is 16.3 Å². The Hall–Kier alpha value is -2.14. The molecule has 0 aliphatic carbocycles. The zero-order valence-electron chi connectivity index (χ0n) is 11.8. The highest BCUT2D eigenvalue weighted by Crippen LogP contribution is 2.13. The predicted octanol–water partition coefficient (Wildman–Crippen LogP) is 1.61. The average Bonchev–Trinajstić information content (AvgIpc) is 2.47. The summed E-state index contributed by atoms with van der Waals surface area (Å²) in [4.78, 5) is 11.9. The van der Waals surface area contributed by atoms with Crippen LogP contribution in [-0.2, 0) is 13.0 Å². The summed E-state index contributed by atoms with van der Waals surface area (Å²) in [5.41, 5.74) is 2.02. The van der Waals surface area contributed by atoms with Crippen molar-refractivity contribution >= 4 is 0 Å². The van der Waals surface area contributed by atoms with E-state index in [1.807, 2.05) is 31.2 Å². The van der Waals surface area contributed by atoms with Crippen LogP contribution in [0.25, 0.3) is 5.69 Å². The van der Waals surface area contributed by atoms with Gasteiger partial charge in [0, 0.05) is 12.6 Å². The average molecular weight is 273 g/mol. The van der Waals surface area contributed by atoms with Crippen molar-refractivity contribution in [3.05, 3.63) is 51.9 Å². The molecular weight excluding hydrogens is 254 g/mol. The van der Waals surface area contributed by atoms with Gasteiger partial charge in [-0.3, -0.25) is 4.79 Å². The lowest BCUT2D eigenvalue weighted by Crippen LogP contribution is -2.24. The zero-order valence-corrected chi connectivity index (χ0v) is 11.8. The summed E-state index contributed by atoms with van der Waals surface area (Å²) >= 11 is 0. The molecule has 20 heavy (non-hydrogen) atoms. The van der Waals surface area contributed by atoms with Crippen LogP contribution >= 0.6 is 0 Å². The van der Waals surface area contributed by atoms with Crippen molar-refractivity contribution < 1.29 is 5.11 Å². The Bertz CT molecular complexity index is 633. The van der Waals surface area contributed by atoms with Gasteiger partial charge in [0.25, 0.3) is 5.56 Å². The van der Waals surface area contributed by atoms with Crippen LogP contribution in [0.5, 0.6) is 5.75 Å². The molecule has 2 aromatic rings. The van der Waals surface area contributed by atoms with Gasteiger partial charge in [0.05, 0.1) is 5.69 Å². The Kier molecular flexibility index (Phi) is 4.53. The van der Waals surface area contributed by atoms with Gasteiger partial charge in [-0.1, -0.05) is 26.0 Å². The first-order valence-corrected chi connectivity index (χ1v) is 6.78. The maximum Gasteiger partial charge on any atom is 0.275 e. The molecule has 0 radical (unpaired) electrons. The second-order valence-electron chi connectivity index (χ2n) is 4.53. The number of aromatic hydroxyl groups is 1. The third kappa shape index (κ3) is 3.05. The highest BCUT2D eigenvalue weighted by Gasteiger charge is 2.09. The van der Waals surface area contributed by atoms with Gasteiger partial charge in [0.15, 0.2) is 0 Å². The fourth-order valence-corrected chi connectivity index (χ4v) is 1.91. The summed E-state index contributed by atoms with van der Waals surface area (Å²) in [5, 5.41) is 17.1. The van der Waals surface area contributed by atoms with Crippen LogP contribution in [0.3, 0.4) is 0 Å². The smallest absolute Gasteiger partial charge is 0.275 e. The number of hydrogen-bond acceptors (Lipinski definition) is 4. The molecule has 0 bridgehead atoms. The Balaban J connectivity index is 2.41. The molecule has 0 spiro atoms. The normalized spacial score (nSPS) is 10.7. The monoisotopic (exact) mass is 273 g/mol. The van der Waals surface area contributed by atoms with E-state index in [4.69, 9.17) is 0 Å². The van der Waals surface area contributed by atoms with E-state index in [2.05, 4.69) is 17.3 Å². The molecule has 2 N–H and O–H groups in total. The molecule has 5 nitrogen and oxygen atoms in total. The lowest BCUT2D eigenvalue weighted by atomic mass is 10.1. The topological polar surface area (TPSA) is 67.2 Å². The van der Waals surface area contributed by atoms with Gasteiger partial charge in [-0.25, -0.2) is 0 Å². The zero-order chi connectivity index (χ0) is 14.5. The van der Waals surface area contributed by atoms with Crippen molar-refractivity contribution in [3.8, 4) is 11.4 Å². The Morgan fingerprint density at radius 2 is 1.95 bits per heavy atom. The van der Waals surface area contributed by atoms with Crippen molar-refractivity contribution in [3.63, 3.8) is 0 Å². The second-order valence-corrected chi connectivity index (χ2v) is 4.53. The highest BCUT2D eigenvalue weighted by molar-refractivity contribution is 5.35. The van der Waals surface area contributed by atoms with Crippen LogP contribution in [-0.4, -0.2) is 21.4 Å². The van der Waals surface area contributed by atoms with Crippen LogP contribution in [0.1, 0.15) is 25.1 Å². The Morgan fingerprint density at radius 3 is 2.55 bits per heavy atom. The molecule has 0 saturated heterocycles. The number of hydrogen-bond donors (Lipinski definition) is 2. The molecule has 5 heteroatoms. The van der Waals surface area contributed by atoms with Gasteiger partial charge in [-0.2, -0.15) is 9.78 Å². The van der Waals surface area contributed by atoms with Gasteiger partial charge < -0.3 is 10.4 Å². The molecule has 106 valence electrons. The SMILES string of the molecule is CCNCc1nn(-c2ccc(CC)cc2)c(=O)cc1O. The van der Waals surface area contributed by atoms with Crippen LogP contribution in [0, 0.1) is 0 Å². The van der Waals surface area contributed by atoms with E-state index in [0.717, 1.165) is 13.0 Å². The minimum absolute atomic E-state index is 0.0719. The van der Waals surface area contributed by atoms with E-state index in [0.29, 0.717) is 17.9 Å². The van der Waals surface area contributed by atoms with E-state index >= 15 is 0 Å². The second kappa shape index (κ2) is 6.34. The number of nitrogens with zero attached hydrogens (tertiary/aromatic N) is 2. The van der Waals surface area contributed by atoms with Crippen LogP contribution in [0.4, 0.5) is 0 Å². The summed E-state index contributed by atoms with van der Waals surface area (Å²) in [6.07, 6.45) is 0.948. The van der Waals surface area contributed by atoms with Crippen LogP contribution < -0.4 is 10.9 Å². The quantitative estimate of drug-likeness (QED) is 0.868. The Labute approximate surface area is 117 Å². The standard InChI is InChI=1S/C15H19N3O2/c1-3-11-5-7-12(8-6-11)18-15(20)9-14(19)13(17-18)10-16-4-2/h5-9,16,19H,3-4,10H2,1-2H3. The van der Waals surface area contributed by atoms with Crippen molar-refractivity contribution in [2.75, 3.05) is 6.54 Å². The van der Waals surface area contributed by atoms with Crippen molar-refractivity contribution in [1.29, 1.82) is 0 Å². The largest absolute Gasteiger partial charge is 0.506 e. The third-order valence-electron chi connectivity index (χ3n) is 3.12. The number of benzene rings is 1. The molecular formula is C15H19N3O2. The molecule has 1 aromatic carbocycles. The molecule has 2 rings (SSSR count). The molecule has 1 aromatic heterocycles. The van der Waals surface area contributed by atoms with E-state index < -0.39 is 0 Å². The summed E-state index contributed by atoms with van der Waals surface area (Å²) in [6.45, 7) is 5.24. The lowest BCUT2D eigenvalue weighted by Gasteiger charge is -2.09. The summed E-state index contributed by atoms with van der Waals surface area (Å²) in [5.74, 6) is -0.0719.